The van der Waals surface area contributed by atoms with E-state index in [1.165, 1.54) is 24.9 Å². The minimum atomic E-state index is 0.514. The van der Waals surface area contributed by atoms with Crippen molar-refractivity contribution in [3.63, 3.8) is 0 Å². The van der Waals surface area contributed by atoms with Crippen LogP contribution in [-0.4, -0.2) is 6.04 Å². The van der Waals surface area contributed by atoms with Gasteiger partial charge in [-0.2, -0.15) is 0 Å². The molecule has 0 aliphatic heterocycles. The van der Waals surface area contributed by atoms with Crippen molar-refractivity contribution in [1.29, 1.82) is 0 Å². The third-order valence-electron chi connectivity index (χ3n) is 3.85. The summed E-state index contributed by atoms with van der Waals surface area (Å²) in [5.41, 5.74) is 1.22. The van der Waals surface area contributed by atoms with E-state index in [0.29, 0.717) is 17.9 Å². The molecule has 0 bridgehead atoms. The number of rotatable bonds is 4. The quantitative estimate of drug-likeness (QED) is 0.757. The summed E-state index contributed by atoms with van der Waals surface area (Å²) in [7, 11) is 0. The fraction of sp³-hybridized carbons (Fsp3) is 0.412. The molecule has 0 saturated heterocycles. The lowest BCUT2D eigenvalue weighted by molar-refractivity contribution is 0.309. The highest BCUT2D eigenvalue weighted by atomic mass is 14.9. The number of nitrogens with one attached hydrogen (secondary N) is 1. The monoisotopic (exact) mass is 241 g/mol. The van der Waals surface area contributed by atoms with Crippen LogP contribution in [0.25, 0.3) is 0 Å². The molecule has 1 N–H and O–H groups in total. The van der Waals surface area contributed by atoms with Gasteiger partial charge >= 0.3 is 0 Å². The van der Waals surface area contributed by atoms with Crippen LogP contribution in [-0.2, 0) is 0 Å². The molecule has 1 heteroatoms. The zero-order valence-electron chi connectivity index (χ0n) is 11.2. The van der Waals surface area contributed by atoms with Gasteiger partial charge in [-0.05, 0) is 37.8 Å². The van der Waals surface area contributed by atoms with E-state index in [1.54, 1.807) is 0 Å². The molecule has 1 aliphatic rings. The van der Waals surface area contributed by atoms with Crippen LogP contribution in [0, 0.1) is 11.8 Å². The van der Waals surface area contributed by atoms with Crippen LogP contribution >= 0.6 is 0 Å². The van der Waals surface area contributed by atoms with Gasteiger partial charge in [0.15, 0.2) is 0 Å². The molecule has 1 aromatic rings. The smallest absolute Gasteiger partial charge is 0.0342 e. The first-order chi connectivity index (χ1) is 8.85. The molecule has 1 nitrogen and oxygen atoms in total. The van der Waals surface area contributed by atoms with Crippen molar-refractivity contribution >= 4 is 5.69 Å². The third-order valence-corrected chi connectivity index (χ3v) is 3.85. The van der Waals surface area contributed by atoms with Crippen LogP contribution in [0.5, 0.6) is 0 Å². The summed E-state index contributed by atoms with van der Waals surface area (Å²) in [6.45, 7) is 6.14. The summed E-state index contributed by atoms with van der Waals surface area (Å²) in [6.07, 6.45) is 10.5. The summed E-state index contributed by atoms with van der Waals surface area (Å²) in [4.78, 5) is 0. The van der Waals surface area contributed by atoms with E-state index in [9.17, 15) is 0 Å². The van der Waals surface area contributed by atoms with Gasteiger partial charge in [0.2, 0.25) is 0 Å². The molecule has 2 rings (SSSR count). The van der Waals surface area contributed by atoms with Crippen molar-refractivity contribution in [3.8, 4) is 0 Å². The molecule has 1 fully saturated rings. The van der Waals surface area contributed by atoms with Crippen LogP contribution < -0.4 is 5.32 Å². The Labute approximate surface area is 111 Å². The second-order valence-electron chi connectivity index (χ2n) is 5.05. The lowest BCUT2D eigenvalue weighted by Crippen LogP contribution is -2.36. The number of hydrogen-bond donors (Lipinski definition) is 1. The molecule has 0 radical (unpaired) electrons. The highest BCUT2D eigenvalue weighted by molar-refractivity contribution is 5.44. The average Bonchev–Trinajstić information content (AvgIpc) is 2.41. The SMILES string of the molecule is C=CC1[C@@H](/C=C\C)CCC[C@H]1Nc1ccccc1. The zero-order chi connectivity index (χ0) is 12.8. The van der Waals surface area contributed by atoms with Crippen LogP contribution in [0.15, 0.2) is 55.1 Å². The fourth-order valence-corrected chi connectivity index (χ4v) is 2.98. The molecular weight excluding hydrogens is 218 g/mol. The molecule has 1 aromatic carbocycles. The van der Waals surface area contributed by atoms with E-state index < -0.39 is 0 Å². The second-order valence-corrected chi connectivity index (χ2v) is 5.05. The standard InChI is InChI=1S/C17H23N/c1-3-9-14-10-8-13-17(16(14)4-2)18-15-11-6-5-7-12-15/h3-7,9,11-12,14,16-18H,2,8,10,13H2,1H3/b9-3-/t14-,16?,17+/m0/s1. The van der Waals surface area contributed by atoms with Crippen molar-refractivity contribution < 1.29 is 0 Å². The molecule has 18 heavy (non-hydrogen) atoms. The van der Waals surface area contributed by atoms with Crippen molar-refractivity contribution in [2.75, 3.05) is 5.32 Å². The van der Waals surface area contributed by atoms with Gasteiger partial charge in [-0.1, -0.05) is 42.8 Å². The fourth-order valence-electron chi connectivity index (χ4n) is 2.98. The van der Waals surface area contributed by atoms with Crippen molar-refractivity contribution in [3.05, 3.63) is 55.1 Å². The van der Waals surface area contributed by atoms with Gasteiger partial charge in [0.1, 0.15) is 0 Å². The minimum absolute atomic E-state index is 0.514. The van der Waals surface area contributed by atoms with E-state index in [1.807, 2.05) is 0 Å². The molecule has 3 atom stereocenters. The molecule has 1 saturated carbocycles. The Morgan fingerprint density at radius 1 is 1.22 bits per heavy atom. The van der Waals surface area contributed by atoms with Gasteiger partial charge in [-0.15, -0.1) is 6.58 Å². The Bertz CT molecular complexity index is 393. The first-order valence-electron chi connectivity index (χ1n) is 6.92. The summed E-state index contributed by atoms with van der Waals surface area (Å²) in [5, 5.41) is 3.67. The molecule has 1 unspecified atom stereocenters. The Kier molecular flexibility index (Phi) is 4.63. The van der Waals surface area contributed by atoms with E-state index in [0.717, 1.165) is 0 Å². The molecule has 96 valence electrons. The summed E-state index contributed by atoms with van der Waals surface area (Å²) in [6, 6.07) is 11.0. The van der Waals surface area contributed by atoms with Gasteiger partial charge in [-0.3, -0.25) is 0 Å². The average molecular weight is 241 g/mol. The number of hydrogen-bond acceptors (Lipinski definition) is 1. The molecule has 0 aromatic heterocycles. The van der Waals surface area contributed by atoms with Crippen molar-refractivity contribution in [2.24, 2.45) is 11.8 Å². The molecule has 0 spiro atoms. The molecular formula is C17H23N. The Hall–Kier alpha value is -1.50. The van der Waals surface area contributed by atoms with Gasteiger partial charge < -0.3 is 5.32 Å². The molecule has 0 heterocycles. The Morgan fingerprint density at radius 2 is 2.00 bits per heavy atom. The topological polar surface area (TPSA) is 12.0 Å². The number of benzene rings is 1. The van der Waals surface area contributed by atoms with Crippen molar-refractivity contribution in [1.82, 2.24) is 0 Å². The van der Waals surface area contributed by atoms with Crippen LogP contribution in [0.4, 0.5) is 5.69 Å². The predicted molar refractivity (Wildman–Crippen MR) is 79.7 cm³/mol. The summed E-state index contributed by atoms with van der Waals surface area (Å²) >= 11 is 0. The maximum atomic E-state index is 4.03. The van der Waals surface area contributed by atoms with E-state index in [4.69, 9.17) is 0 Å². The van der Waals surface area contributed by atoms with E-state index in [2.05, 4.69) is 67.4 Å². The van der Waals surface area contributed by atoms with Crippen molar-refractivity contribution in [2.45, 2.75) is 32.2 Å². The van der Waals surface area contributed by atoms with E-state index >= 15 is 0 Å². The van der Waals surface area contributed by atoms with Crippen LogP contribution in [0.3, 0.4) is 0 Å². The van der Waals surface area contributed by atoms with Crippen LogP contribution in [0.2, 0.25) is 0 Å². The summed E-state index contributed by atoms with van der Waals surface area (Å²) < 4.78 is 0. The summed E-state index contributed by atoms with van der Waals surface area (Å²) in [5.74, 6) is 1.18. The maximum Gasteiger partial charge on any atom is 0.0342 e. The highest BCUT2D eigenvalue weighted by Gasteiger charge is 2.29. The highest BCUT2D eigenvalue weighted by Crippen LogP contribution is 2.33. The van der Waals surface area contributed by atoms with E-state index in [-0.39, 0.29) is 0 Å². The Balaban J connectivity index is 2.08. The predicted octanol–water partition coefficient (Wildman–Crippen LogP) is 4.65. The van der Waals surface area contributed by atoms with Gasteiger partial charge in [0.05, 0.1) is 0 Å². The maximum absolute atomic E-state index is 4.03. The first kappa shape index (κ1) is 12.9. The largest absolute Gasteiger partial charge is 0.382 e. The lowest BCUT2D eigenvalue weighted by Gasteiger charge is -2.36. The van der Waals surface area contributed by atoms with Crippen LogP contribution in [0.1, 0.15) is 26.2 Å². The Morgan fingerprint density at radius 3 is 2.67 bits per heavy atom. The normalized spacial score (nSPS) is 28.2. The third kappa shape index (κ3) is 3.04. The first-order valence-corrected chi connectivity index (χ1v) is 6.92. The number of para-hydroxylation sites is 1. The number of allylic oxidation sites excluding steroid dienone is 2. The van der Waals surface area contributed by atoms with Gasteiger partial charge in [0.25, 0.3) is 0 Å². The number of anilines is 1. The lowest BCUT2D eigenvalue weighted by atomic mass is 9.75. The molecule has 1 aliphatic carbocycles. The molecule has 0 amide bonds. The second kappa shape index (κ2) is 6.44. The van der Waals surface area contributed by atoms with Gasteiger partial charge in [-0.25, -0.2) is 0 Å². The zero-order valence-corrected chi connectivity index (χ0v) is 11.2. The van der Waals surface area contributed by atoms with Gasteiger partial charge in [0, 0.05) is 17.6 Å². The minimum Gasteiger partial charge on any atom is -0.382 e.